The molecule has 0 aliphatic heterocycles. The summed E-state index contributed by atoms with van der Waals surface area (Å²) in [5, 5.41) is 12.0. The number of nitrogen functional groups attached to an aromatic ring is 1. The van der Waals surface area contributed by atoms with Crippen LogP contribution < -0.4 is 5.73 Å². The van der Waals surface area contributed by atoms with Crippen molar-refractivity contribution in [3.05, 3.63) is 35.4 Å². The van der Waals surface area contributed by atoms with Crippen molar-refractivity contribution in [2.45, 2.75) is 30.3 Å². The maximum atomic E-state index is 11.7. The summed E-state index contributed by atoms with van der Waals surface area (Å²) in [4.78, 5) is 11.7. The first-order valence-electron chi connectivity index (χ1n) is 8.08. The molecule has 6 nitrogen and oxygen atoms in total. The van der Waals surface area contributed by atoms with Gasteiger partial charge in [0, 0.05) is 11.0 Å². The number of nitrogens with zero attached hydrogens (tertiary/aromatic N) is 3. The van der Waals surface area contributed by atoms with Crippen LogP contribution in [0.3, 0.4) is 0 Å². The van der Waals surface area contributed by atoms with Gasteiger partial charge in [0.25, 0.3) is 0 Å². The number of carbonyl (C=O) groups excluding carboxylic acids is 1. The zero-order valence-corrected chi connectivity index (χ0v) is 15.4. The topological polar surface area (TPSA) is 93.9 Å². The molecule has 1 aromatic carbocycles. The summed E-state index contributed by atoms with van der Waals surface area (Å²) in [5.41, 5.74) is 6.26. The molecule has 0 amide bonds. The number of anilines is 1. The van der Waals surface area contributed by atoms with Gasteiger partial charge in [-0.25, -0.2) is 0 Å². The lowest BCUT2D eigenvalue weighted by Crippen LogP contribution is -2.46. The monoisotopic (exact) mass is 352 g/mol. The average Bonchev–Trinajstić information content (AvgIpc) is 2.96. The molecular weight excluding hydrogens is 335 g/mol. The highest BCUT2D eigenvalue weighted by Crippen LogP contribution is 2.37. The number of esters is 1. The smallest absolute Gasteiger partial charge is 0.312 e. The van der Waals surface area contributed by atoms with Gasteiger partial charge in [0.05, 0.1) is 36.6 Å². The van der Waals surface area contributed by atoms with E-state index in [1.165, 1.54) is 14.0 Å². The Labute approximate surface area is 164 Å². The maximum Gasteiger partial charge on any atom is 0.312 e. The van der Waals surface area contributed by atoms with Crippen molar-refractivity contribution in [1.82, 2.24) is 9.78 Å². The van der Waals surface area contributed by atoms with Crippen LogP contribution in [0, 0.1) is 11.3 Å². The van der Waals surface area contributed by atoms with E-state index in [9.17, 15) is 10.1 Å². The predicted octanol–water partition coefficient (Wildman–Crippen LogP) is 0.701. The highest BCUT2D eigenvalue weighted by atomic mass is 16.5. The van der Waals surface area contributed by atoms with Crippen molar-refractivity contribution < 1.29 is 9.53 Å². The van der Waals surface area contributed by atoms with E-state index in [4.69, 9.17) is 41.9 Å². The molecule has 2 rings (SSSR count). The van der Waals surface area contributed by atoms with E-state index in [0.29, 0.717) is 11.3 Å². The molecule has 27 heavy (non-hydrogen) atoms. The van der Waals surface area contributed by atoms with Gasteiger partial charge in [-0.05, 0) is 19.4 Å². The molecule has 0 bridgehead atoms. The first-order chi connectivity index (χ1) is 12.5. The minimum Gasteiger partial charge on any atom is -0.469 e. The third-order valence-electron chi connectivity index (χ3n) is 4.59. The molecular formula is C17H16B4N4O2. The van der Waals surface area contributed by atoms with Crippen LogP contribution in [-0.2, 0) is 15.0 Å². The predicted molar refractivity (Wildman–Crippen MR) is 107 cm³/mol. The second kappa shape index (κ2) is 7.22. The van der Waals surface area contributed by atoms with E-state index in [1.54, 1.807) is 31.2 Å². The minimum atomic E-state index is -1.84. The first kappa shape index (κ1) is 20.8. The summed E-state index contributed by atoms with van der Waals surface area (Å²) in [6.45, 7) is 3.19. The highest BCUT2D eigenvalue weighted by Gasteiger charge is 2.36. The van der Waals surface area contributed by atoms with E-state index in [1.807, 2.05) is 6.07 Å². The van der Waals surface area contributed by atoms with Crippen molar-refractivity contribution >= 4 is 43.2 Å². The summed E-state index contributed by atoms with van der Waals surface area (Å²) in [6, 6.07) is 8.94. The van der Waals surface area contributed by atoms with Gasteiger partial charge < -0.3 is 10.5 Å². The van der Waals surface area contributed by atoms with Crippen LogP contribution in [0.5, 0.6) is 0 Å². The average molecular weight is 352 g/mol. The third-order valence-corrected chi connectivity index (χ3v) is 4.59. The van der Waals surface area contributed by atoms with Crippen molar-refractivity contribution in [2.24, 2.45) is 0 Å². The Morgan fingerprint density at radius 1 is 1.30 bits per heavy atom. The van der Waals surface area contributed by atoms with Crippen molar-refractivity contribution in [3.8, 4) is 17.3 Å². The van der Waals surface area contributed by atoms with Crippen LogP contribution in [0.4, 0.5) is 5.82 Å². The molecule has 2 atom stereocenters. The summed E-state index contributed by atoms with van der Waals surface area (Å²) in [5.74, 6) is -0.782. The number of hydrogen-bond donors (Lipinski definition) is 1. The molecule has 0 spiro atoms. The van der Waals surface area contributed by atoms with E-state index in [-0.39, 0.29) is 17.4 Å². The largest absolute Gasteiger partial charge is 0.469 e. The fourth-order valence-corrected chi connectivity index (χ4v) is 2.52. The summed E-state index contributed by atoms with van der Waals surface area (Å²) < 4.78 is 5.89. The van der Waals surface area contributed by atoms with Gasteiger partial charge in [0.2, 0.25) is 0 Å². The Bertz CT molecular complexity index is 895. The quantitative estimate of drug-likeness (QED) is 0.632. The number of hydrogen-bond acceptors (Lipinski definition) is 5. The van der Waals surface area contributed by atoms with Gasteiger partial charge in [-0.15, -0.1) is 5.11 Å². The number of aromatic nitrogens is 2. The van der Waals surface area contributed by atoms with E-state index in [2.05, 4.69) is 5.10 Å². The SMILES string of the molecule is [B]C([B])([B])C([B])(C)n1nc(-c2ccc(C(C)C(=O)OC)cc2)c(C#N)c1N. The molecule has 0 aliphatic carbocycles. The fraction of sp³-hybridized carbons (Fsp3) is 0.353. The van der Waals surface area contributed by atoms with Gasteiger partial charge in [0.15, 0.2) is 0 Å². The molecule has 128 valence electrons. The Morgan fingerprint density at radius 3 is 2.30 bits per heavy atom. The summed E-state index contributed by atoms with van der Waals surface area (Å²) >= 11 is 0. The molecule has 1 aromatic heterocycles. The molecule has 1 heterocycles. The second-order valence-electron chi connectivity index (χ2n) is 6.58. The number of nitrogens with two attached hydrogens (primary N) is 1. The highest BCUT2D eigenvalue weighted by molar-refractivity contribution is 6.62. The molecule has 0 fully saturated rings. The number of carbonyl (C=O) groups is 1. The Morgan fingerprint density at radius 2 is 1.85 bits per heavy atom. The third kappa shape index (κ3) is 3.64. The normalized spacial score (nSPS) is 14.7. The number of nitriles is 1. The lowest BCUT2D eigenvalue weighted by molar-refractivity contribution is -0.141. The molecule has 8 radical (unpaired) electrons. The van der Waals surface area contributed by atoms with Crippen molar-refractivity contribution in [2.75, 3.05) is 12.8 Å². The van der Waals surface area contributed by atoms with E-state index >= 15 is 0 Å². The van der Waals surface area contributed by atoms with Crippen molar-refractivity contribution in [1.29, 1.82) is 5.26 Å². The van der Waals surface area contributed by atoms with Crippen LogP contribution >= 0.6 is 0 Å². The first-order valence-corrected chi connectivity index (χ1v) is 8.08. The van der Waals surface area contributed by atoms with E-state index in [0.717, 1.165) is 10.2 Å². The molecule has 0 saturated carbocycles. The standard InChI is InChI=1S/C17H16B4N4O2/c1-9(15(26)27-3)10-4-6-11(7-5-10)13-12(8-22)14(23)25(24-13)16(2,18)17(19,20)21/h4-7,9H,23H2,1-3H3. The van der Waals surface area contributed by atoms with E-state index < -0.39 is 16.5 Å². The van der Waals surface area contributed by atoms with Crippen molar-refractivity contribution in [3.63, 3.8) is 0 Å². The molecule has 10 heteroatoms. The zero-order valence-electron chi connectivity index (χ0n) is 15.4. The number of benzene rings is 1. The number of methoxy groups -OCH3 is 1. The zero-order chi connectivity index (χ0) is 20.6. The van der Waals surface area contributed by atoms with Crippen LogP contribution in [0.25, 0.3) is 11.3 Å². The minimum absolute atomic E-state index is 0.00442. The Kier molecular flexibility index (Phi) is 5.55. The van der Waals surface area contributed by atoms with Crippen LogP contribution in [0.2, 0.25) is 5.11 Å². The number of rotatable bonds is 5. The Balaban J connectivity index is 2.53. The second-order valence-corrected chi connectivity index (χ2v) is 6.58. The van der Waals surface area contributed by atoms with Gasteiger partial charge >= 0.3 is 5.97 Å². The maximum absolute atomic E-state index is 11.7. The fourth-order valence-electron chi connectivity index (χ4n) is 2.52. The molecule has 0 saturated heterocycles. The molecule has 2 aromatic rings. The van der Waals surface area contributed by atoms with Gasteiger partial charge in [-0.1, -0.05) is 24.3 Å². The summed E-state index contributed by atoms with van der Waals surface area (Å²) in [7, 11) is 24.7. The summed E-state index contributed by atoms with van der Waals surface area (Å²) in [6.07, 6.45) is 0. The van der Waals surface area contributed by atoms with Crippen LogP contribution in [0.1, 0.15) is 30.9 Å². The lowest BCUT2D eigenvalue weighted by Gasteiger charge is -2.41. The van der Waals surface area contributed by atoms with Crippen LogP contribution in [-0.4, -0.2) is 54.2 Å². The van der Waals surface area contributed by atoms with Gasteiger partial charge in [-0.2, -0.15) is 10.4 Å². The van der Waals surface area contributed by atoms with Gasteiger partial charge in [-0.3, -0.25) is 9.48 Å². The number of ether oxygens (including phenoxy) is 1. The Hall–Kier alpha value is -2.55. The lowest BCUT2D eigenvalue weighted by atomic mass is 9.31. The molecule has 2 N–H and O–H groups in total. The molecule has 2 unspecified atom stereocenters. The van der Waals surface area contributed by atoms with Crippen LogP contribution in [0.15, 0.2) is 24.3 Å². The van der Waals surface area contributed by atoms with Gasteiger partial charge in [0.1, 0.15) is 31.0 Å². The molecule has 0 aliphatic rings.